The monoisotopic (exact) mass is 576 g/mol. The van der Waals surface area contributed by atoms with E-state index in [1.54, 1.807) is 12.1 Å². The lowest BCUT2D eigenvalue weighted by atomic mass is 10.00. The van der Waals surface area contributed by atoms with Gasteiger partial charge in [-0.25, -0.2) is 0 Å². The zero-order valence-electron chi connectivity index (χ0n) is 18.9. The molecule has 0 atom stereocenters. The molecule has 0 spiro atoms. The highest BCUT2D eigenvalue weighted by molar-refractivity contribution is 9.10. The second kappa shape index (κ2) is 10.7. The molecule has 0 aliphatic carbocycles. The summed E-state index contributed by atoms with van der Waals surface area (Å²) in [6.07, 6.45) is 1.82. The number of amides is 1. The molecular formula is C29H19BrCl2N2O2. The van der Waals surface area contributed by atoms with Crippen molar-refractivity contribution in [2.45, 2.75) is 6.61 Å². The van der Waals surface area contributed by atoms with Gasteiger partial charge < -0.3 is 4.74 Å². The van der Waals surface area contributed by atoms with Crippen molar-refractivity contribution in [3.05, 3.63) is 134 Å². The van der Waals surface area contributed by atoms with Crippen LogP contribution in [0.15, 0.2) is 112 Å². The van der Waals surface area contributed by atoms with Crippen LogP contribution in [-0.4, -0.2) is 11.6 Å². The summed E-state index contributed by atoms with van der Waals surface area (Å²) >= 11 is 15.9. The largest absolute Gasteiger partial charge is 0.488 e. The van der Waals surface area contributed by atoms with Gasteiger partial charge in [-0.05, 0) is 48.5 Å². The van der Waals surface area contributed by atoms with Gasteiger partial charge in [-0.2, -0.15) is 10.1 Å². The second-order valence-corrected chi connectivity index (χ2v) is 9.79. The maximum absolute atomic E-state index is 13.6. The van der Waals surface area contributed by atoms with Crippen molar-refractivity contribution in [1.82, 2.24) is 0 Å². The van der Waals surface area contributed by atoms with Crippen molar-refractivity contribution in [1.29, 1.82) is 0 Å². The molecule has 0 N–H and O–H groups in total. The highest BCUT2D eigenvalue weighted by atomic mass is 79.9. The van der Waals surface area contributed by atoms with Crippen molar-refractivity contribution in [3.63, 3.8) is 0 Å². The highest BCUT2D eigenvalue weighted by Gasteiger charge is 2.32. The predicted octanol–water partition coefficient (Wildman–Crippen LogP) is 8.17. The molecule has 7 heteroatoms. The zero-order chi connectivity index (χ0) is 25.1. The maximum atomic E-state index is 13.6. The van der Waals surface area contributed by atoms with Crippen LogP contribution >= 0.6 is 39.1 Å². The van der Waals surface area contributed by atoms with Crippen LogP contribution in [-0.2, 0) is 11.4 Å². The van der Waals surface area contributed by atoms with E-state index in [1.807, 2.05) is 91.0 Å². The van der Waals surface area contributed by atoms with E-state index in [2.05, 4.69) is 15.9 Å². The predicted molar refractivity (Wildman–Crippen MR) is 150 cm³/mol. The summed E-state index contributed by atoms with van der Waals surface area (Å²) in [7, 11) is 0. The first-order valence-corrected chi connectivity index (χ1v) is 12.7. The molecule has 4 nitrogen and oxygen atoms in total. The highest BCUT2D eigenvalue weighted by Crippen LogP contribution is 2.32. The number of hydrogen-bond acceptors (Lipinski definition) is 3. The van der Waals surface area contributed by atoms with Crippen molar-refractivity contribution >= 4 is 62.5 Å². The average molecular weight is 578 g/mol. The average Bonchev–Trinajstić information content (AvgIpc) is 3.21. The number of ether oxygens (including phenoxy) is 1. The lowest BCUT2D eigenvalue weighted by molar-refractivity contribution is -0.114. The standard InChI is InChI=1S/C29H19BrCl2N2O2/c30-22-12-14-27(36-18-20-11-13-23(31)17-26(20)32)21(15-22)16-25-28(19-7-3-1-4-8-19)33-34(29(25)35)24-9-5-2-6-10-24/h1-17H,18H2/b25-16-. The molecule has 1 aliphatic heterocycles. The molecule has 0 radical (unpaired) electrons. The van der Waals surface area contributed by atoms with Crippen LogP contribution in [0.2, 0.25) is 10.0 Å². The Morgan fingerprint density at radius 2 is 1.61 bits per heavy atom. The number of hydrazone groups is 1. The molecule has 4 aromatic carbocycles. The molecular weight excluding hydrogens is 559 g/mol. The zero-order valence-corrected chi connectivity index (χ0v) is 22.0. The molecule has 0 fully saturated rings. The van der Waals surface area contributed by atoms with E-state index in [-0.39, 0.29) is 12.5 Å². The molecule has 0 bridgehead atoms. The van der Waals surface area contributed by atoms with Crippen LogP contribution in [0.1, 0.15) is 16.7 Å². The Hall–Kier alpha value is -3.38. The van der Waals surface area contributed by atoms with Gasteiger partial charge in [-0.3, -0.25) is 4.79 Å². The maximum Gasteiger partial charge on any atom is 0.281 e. The van der Waals surface area contributed by atoms with Gasteiger partial charge in [-0.1, -0.05) is 93.7 Å². The smallest absolute Gasteiger partial charge is 0.281 e. The molecule has 1 aliphatic rings. The van der Waals surface area contributed by atoms with E-state index in [4.69, 9.17) is 33.0 Å². The summed E-state index contributed by atoms with van der Waals surface area (Å²) in [5, 5.41) is 7.23. The van der Waals surface area contributed by atoms with Gasteiger partial charge in [0.2, 0.25) is 0 Å². The Kier molecular flexibility index (Phi) is 7.23. The summed E-state index contributed by atoms with van der Waals surface area (Å²) in [5.74, 6) is 0.391. The van der Waals surface area contributed by atoms with Gasteiger partial charge in [0.15, 0.2) is 0 Å². The Bertz CT molecular complexity index is 1490. The minimum absolute atomic E-state index is 0.216. The van der Waals surface area contributed by atoms with Gasteiger partial charge in [0.25, 0.3) is 5.91 Å². The quantitative estimate of drug-likeness (QED) is 0.217. The fraction of sp³-hybridized carbons (Fsp3) is 0.0345. The number of halogens is 3. The SMILES string of the molecule is O=C1/C(=C\c2cc(Br)ccc2OCc2ccc(Cl)cc2Cl)C(c2ccccc2)=NN1c1ccccc1. The number of anilines is 1. The number of nitrogens with zero attached hydrogens (tertiary/aromatic N) is 2. The van der Waals surface area contributed by atoms with Crippen LogP contribution < -0.4 is 9.75 Å². The third kappa shape index (κ3) is 5.24. The van der Waals surface area contributed by atoms with E-state index >= 15 is 0 Å². The Labute approximate surface area is 227 Å². The van der Waals surface area contributed by atoms with Crippen molar-refractivity contribution < 1.29 is 9.53 Å². The first kappa shape index (κ1) is 24.3. The molecule has 4 aromatic rings. The van der Waals surface area contributed by atoms with Gasteiger partial charge in [-0.15, -0.1) is 0 Å². The molecule has 36 heavy (non-hydrogen) atoms. The summed E-state index contributed by atoms with van der Waals surface area (Å²) in [5.41, 5.74) is 4.15. The van der Waals surface area contributed by atoms with E-state index in [0.29, 0.717) is 32.8 Å². The van der Waals surface area contributed by atoms with Gasteiger partial charge >= 0.3 is 0 Å². The molecule has 0 saturated heterocycles. The topological polar surface area (TPSA) is 41.9 Å². The summed E-state index contributed by atoms with van der Waals surface area (Å²) < 4.78 is 7.00. The van der Waals surface area contributed by atoms with Crippen LogP contribution in [0.5, 0.6) is 5.75 Å². The second-order valence-electron chi connectivity index (χ2n) is 8.03. The third-order valence-electron chi connectivity index (χ3n) is 5.60. The fourth-order valence-electron chi connectivity index (χ4n) is 3.81. The van der Waals surface area contributed by atoms with Crippen LogP contribution in [0.3, 0.4) is 0 Å². The normalized spacial score (nSPS) is 14.3. The summed E-state index contributed by atoms with van der Waals surface area (Å²) in [6.45, 7) is 0.248. The molecule has 0 aromatic heterocycles. The number of benzene rings is 4. The minimum Gasteiger partial charge on any atom is -0.488 e. The molecule has 1 heterocycles. The van der Waals surface area contributed by atoms with Gasteiger partial charge in [0.05, 0.1) is 11.3 Å². The van der Waals surface area contributed by atoms with E-state index in [1.165, 1.54) is 5.01 Å². The van der Waals surface area contributed by atoms with Crippen LogP contribution in [0.25, 0.3) is 6.08 Å². The number of hydrogen-bond donors (Lipinski definition) is 0. The van der Waals surface area contributed by atoms with E-state index in [9.17, 15) is 4.79 Å². The van der Waals surface area contributed by atoms with Crippen molar-refractivity contribution in [2.24, 2.45) is 5.10 Å². The Balaban J connectivity index is 1.54. The number of rotatable bonds is 6. The fourth-order valence-corrected chi connectivity index (χ4v) is 4.65. The van der Waals surface area contributed by atoms with E-state index < -0.39 is 0 Å². The van der Waals surface area contributed by atoms with Crippen molar-refractivity contribution in [3.8, 4) is 5.75 Å². The van der Waals surface area contributed by atoms with Crippen LogP contribution in [0.4, 0.5) is 5.69 Å². The summed E-state index contributed by atoms with van der Waals surface area (Å²) in [6, 6.07) is 30.0. The Morgan fingerprint density at radius 3 is 2.33 bits per heavy atom. The first-order chi connectivity index (χ1) is 17.5. The summed E-state index contributed by atoms with van der Waals surface area (Å²) in [4.78, 5) is 13.6. The lowest BCUT2D eigenvalue weighted by Gasteiger charge is -2.13. The van der Waals surface area contributed by atoms with Crippen LogP contribution in [0, 0.1) is 0 Å². The minimum atomic E-state index is -0.216. The molecule has 0 saturated carbocycles. The molecule has 178 valence electrons. The molecule has 5 rings (SSSR count). The Morgan fingerprint density at radius 1 is 0.889 bits per heavy atom. The van der Waals surface area contributed by atoms with Crippen molar-refractivity contribution in [2.75, 3.05) is 5.01 Å². The third-order valence-corrected chi connectivity index (χ3v) is 6.68. The first-order valence-electron chi connectivity index (χ1n) is 11.1. The number of carbonyl (C=O) groups is 1. The van der Waals surface area contributed by atoms with Gasteiger partial charge in [0.1, 0.15) is 18.1 Å². The number of carbonyl (C=O) groups excluding carboxylic acids is 1. The lowest BCUT2D eigenvalue weighted by Crippen LogP contribution is -2.21. The van der Waals surface area contributed by atoms with Gasteiger partial charge in [0, 0.05) is 31.2 Å². The number of para-hydroxylation sites is 1. The molecule has 1 amide bonds. The molecule has 0 unspecified atom stereocenters. The van der Waals surface area contributed by atoms with E-state index in [0.717, 1.165) is 21.2 Å².